The highest BCUT2D eigenvalue weighted by Gasteiger charge is 2.22. The highest BCUT2D eigenvalue weighted by molar-refractivity contribution is 6.00. The fourth-order valence-corrected chi connectivity index (χ4v) is 2.10. The minimum Gasteiger partial charge on any atom is -0.435 e. The molecule has 0 saturated heterocycles. The van der Waals surface area contributed by atoms with Crippen molar-refractivity contribution in [2.24, 2.45) is 25.0 Å². The van der Waals surface area contributed by atoms with Gasteiger partial charge in [0.05, 0.1) is 11.4 Å². The summed E-state index contributed by atoms with van der Waals surface area (Å²) in [4.78, 5) is 0. The highest BCUT2D eigenvalue weighted by Crippen LogP contribution is 2.31. The first-order valence-electron chi connectivity index (χ1n) is 6.06. The van der Waals surface area contributed by atoms with E-state index in [1.807, 2.05) is 20.9 Å². The van der Waals surface area contributed by atoms with Crippen LogP contribution in [0.2, 0.25) is 0 Å². The maximum atomic E-state index is 8.88. The molecule has 8 heteroatoms. The lowest BCUT2D eigenvalue weighted by molar-refractivity contribution is 0.318. The second-order valence-electron chi connectivity index (χ2n) is 4.60. The molecular weight excluding hydrogens is 260 g/mol. The van der Waals surface area contributed by atoms with Crippen molar-refractivity contribution in [3.63, 3.8) is 0 Å². The zero-order valence-electron chi connectivity index (χ0n) is 12.2. The van der Waals surface area contributed by atoms with Gasteiger partial charge in [-0.15, -0.1) is 0 Å². The van der Waals surface area contributed by atoms with Crippen molar-refractivity contribution in [1.29, 1.82) is 0 Å². The SMILES string of the molecule is Cc1nn(C)c(C)c1Oc1c(C(N)=NO)c(C)nn1C. The number of amidine groups is 1. The summed E-state index contributed by atoms with van der Waals surface area (Å²) in [5.74, 6) is 1.02. The van der Waals surface area contributed by atoms with E-state index in [1.165, 1.54) is 0 Å². The Morgan fingerprint density at radius 1 is 1.15 bits per heavy atom. The maximum Gasteiger partial charge on any atom is 0.229 e. The first-order chi connectivity index (χ1) is 9.36. The van der Waals surface area contributed by atoms with Crippen LogP contribution in [0.25, 0.3) is 0 Å². The molecule has 8 nitrogen and oxygen atoms in total. The largest absolute Gasteiger partial charge is 0.435 e. The number of ether oxygens (including phenoxy) is 1. The molecule has 0 bridgehead atoms. The lowest BCUT2D eigenvalue weighted by Gasteiger charge is -2.08. The Labute approximate surface area is 116 Å². The van der Waals surface area contributed by atoms with Gasteiger partial charge in [-0.25, -0.2) is 4.68 Å². The lowest BCUT2D eigenvalue weighted by Crippen LogP contribution is -2.15. The van der Waals surface area contributed by atoms with Gasteiger partial charge >= 0.3 is 0 Å². The topological polar surface area (TPSA) is 103 Å². The summed E-state index contributed by atoms with van der Waals surface area (Å²) in [6, 6.07) is 0. The third kappa shape index (κ3) is 2.09. The van der Waals surface area contributed by atoms with Crippen molar-refractivity contribution in [2.75, 3.05) is 0 Å². The van der Waals surface area contributed by atoms with E-state index in [0.717, 1.165) is 11.4 Å². The summed E-state index contributed by atoms with van der Waals surface area (Å²) in [5, 5.41) is 20.4. The van der Waals surface area contributed by atoms with Crippen LogP contribution in [-0.4, -0.2) is 30.6 Å². The van der Waals surface area contributed by atoms with Crippen molar-refractivity contribution in [3.05, 3.63) is 22.6 Å². The Bertz CT molecular complexity index is 683. The monoisotopic (exact) mass is 278 g/mol. The average molecular weight is 278 g/mol. The molecule has 20 heavy (non-hydrogen) atoms. The zero-order valence-corrected chi connectivity index (χ0v) is 12.2. The minimum absolute atomic E-state index is 0.0372. The van der Waals surface area contributed by atoms with Gasteiger partial charge in [0.2, 0.25) is 5.88 Å². The van der Waals surface area contributed by atoms with Crippen molar-refractivity contribution >= 4 is 5.84 Å². The normalized spacial score (nSPS) is 11.9. The minimum atomic E-state index is -0.0372. The Morgan fingerprint density at radius 2 is 1.75 bits per heavy atom. The molecule has 0 aliphatic rings. The van der Waals surface area contributed by atoms with Gasteiger partial charge in [-0.3, -0.25) is 4.68 Å². The molecule has 3 N–H and O–H groups in total. The molecule has 0 aliphatic carbocycles. The van der Waals surface area contributed by atoms with E-state index in [1.54, 1.807) is 23.3 Å². The van der Waals surface area contributed by atoms with Crippen LogP contribution in [0.5, 0.6) is 11.6 Å². The molecule has 2 heterocycles. The molecule has 108 valence electrons. The number of aryl methyl sites for hydroxylation is 4. The van der Waals surface area contributed by atoms with Gasteiger partial charge < -0.3 is 15.7 Å². The van der Waals surface area contributed by atoms with Crippen LogP contribution in [0.15, 0.2) is 5.16 Å². The van der Waals surface area contributed by atoms with Crippen molar-refractivity contribution < 1.29 is 9.94 Å². The lowest BCUT2D eigenvalue weighted by atomic mass is 10.2. The Kier molecular flexibility index (Phi) is 3.39. The molecule has 0 unspecified atom stereocenters. The van der Waals surface area contributed by atoms with E-state index in [9.17, 15) is 0 Å². The molecule has 0 aliphatic heterocycles. The predicted molar refractivity (Wildman–Crippen MR) is 73.2 cm³/mol. The van der Waals surface area contributed by atoms with Gasteiger partial charge in [-0.05, 0) is 20.8 Å². The summed E-state index contributed by atoms with van der Waals surface area (Å²) < 4.78 is 9.20. The second-order valence-corrected chi connectivity index (χ2v) is 4.60. The van der Waals surface area contributed by atoms with E-state index < -0.39 is 0 Å². The van der Waals surface area contributed by atoms with Gasteiger partial charge in [0, 0.05) is 14.1 Å². The van der Waals surface area contributed by atoms with Crippen LogP contribution < -0.4 is 10.5 Å². The van der Waals surface area contributed by atoms with Crippen LogP contribution in [0.4, 0.5) is 0 Å². The number of hydrogen-bond acceptors (Lipinski definition) is 5. The van der Waals surface area contributed by atoms with Crippen LogP contribution in [0.1, 0.15) is 22.6 Å². The Morgan fingerprint density at radius 3 is 2.25 bits per heavy atom. The summed E-state index contributed by atoms with van der Waals surface area (Å²) >= 11 is 0. The number of nitrogens with two attached hydrogens (primary N) is 1. The third-order valence-corrected chi connectivity index (χ3v) is 3.17. The molecule has 0 saturated carbocycles. The number of rotatable bonds is 3. The number of oxime groups is 1. The van der Waals surface area contributed by atoms with Crippen LogP contribution >= 0.6 is 0 Å². The van der Waals surface area contributed by atoms with E-state index in [0.29, 0.717) is 22.9 Å². The van der Waals surface area contributed by atoms with Gasteiger partial charge in [-0.1, -0.05) is 5.16 Å². The van der Waals surface area contributed by atoms with E-state index in [-0.39, 0.29) is 5.84 Å². The molecule has 2 rings (SSSR count). The third-order valence-electron chi connectivity index (χ3n) is 3.17. The molecule has 2 aromatic heterocycles. The number of nitrogens with zero attached hydrogens (tertiary/aromatic N) is 5. The summed E-state index contributed by atoms with van der Waals surface area (Å²) in [6.45, 7) is 5.53. The van der Waals surface area contributed by atoms with E-state index in [2.05, 4.69) is 15.4 Å². The van der Waals surface area contributed by atoms with Crippen LogP contribution in [0, 0.1) is 20.8 Å². The molecule has 0 spiro atoms. The zero-order chi connectivity index (χ0) is 15.0. The van der Waals surface area contributed by atoms with Gasteiger partial charge in [0.25, 0.3) is 0 Å². The fourth-order valence-electron chi connectivity index (χ4n) is 2.10. The summed E-state index contributed by atoms with van der Waals surface area (Å²) in [6.07, 6.45) is 0. The summed E-state index contributed by atoms with van der Waals surface area (Å²) in [7, 11) is 3.58. The summed E-state index contributed by atoms with van der Waals surface area (Å²) in [5.41, 5.74) is 8.42. The van der Waals surface area contributed by atoms with Crippen LogP contribution in [-0.2, 0) is 14.1 Å². The smallest absolute Gasteiger partial charge is 0.229 e. The van der Waals surface area contributed by atoms with E-state index in [4.69, 9.17) is 15.7 Å². The molecule has 0 aromatic carbocycles. The molecule has 0 atom stereocenters. The Balaban J connectivity index is 2.54. The van der Waals surface area contributed by atoms with Crippen molar-refractivity contribution in [2.45, 2.75) is 20.8 Å². The van der Waals surface area contributed by atoms with E-state index >= 15 is 0 Å². The highest BCUT2D eigenvalue weighted by atomic mass is 16.5. The van der Waals surface area contributed by atoms with Gasteiger partial charge in [-0.2, -0.15) is 10.2 Å². The first kappa shape index (κ1) is 13.9. The standard InChI is InChI=1S/C12H18N6O2/c1-6-9(11(13)16-19)12(18(5)14-6)20-10-7(2)15-17(4)8(10)3/h19H,1-5H3,(H2,13,16). The fraction of sp³-hybridized carbons (Fsp3) is 0.417. The predicted octanol–water partition coefficient (Wildman–Crippen LogP) is 0.966. The van der Waals surface area contributed by atoms with Gasteiger partial charge in [0.1, 0.15) is 11.3 Å². The molecular formula is C12H18N6O2. The van der Waals surface area contributed by atoms with Crippen molar-refractivity contribution in [1.82, 2.24) is 19.6 Å². The molecule has 0 radical (unpaired) electrons. The Hall–Kier alpha value is -2.51. The number of aromatic nitrogens is 4. The average Bonchev–Trinajstić information content (AvgIpc) is 2.80. The first-order valence-corrected chi connectivity index (χ1v) is 6.06. The molecule has 0 fully saturated rings. The molecule has 2 aromatic rings. The van der Waals surface area contributed by atoms with Gasteiger partial charge in [0.15, 0.2) is 11.6 Å². The number of hydrogen-bond donors (Lipinski definition) is 2. The maximum absolute atomic E-state index is 8.88. The quantitative estimate of drug-likeness (QED) is 0.377. The molecule has 0 amide bonds. The van der Waals surface area contributed by atoms with Crippen molar-refractivity contribution in [3.8, 4) is 11.6 Å². The van der Waals surface area contributed by atoms with Crippen LogP contribution in [0.3, 0.4) is 0 Å². The second kappa shape index (κ2) is 4.87.